The Bertz CT molecular complexity index is 751. The van der Waals surface area contributed by atoms with Gasteiger partial charge >= 0.3 is 0 Å². The first kappa shape index (κ1) is 27.6. The van der Waals surface area contributed by atoms with Gasteiger partial charge in [-0.3, -0.25) is 9.89 Å². The van der Waals surface area contributed by atoms with Crippen molar-refractivity contribution < 1.29 is 8.42 Å². The first-order chi connectivity index (χ1) is 13.6. The van der Waals surface area contributed by atoms with E-state index < -0.39 is 9.84 Å². The number of nitrogens with zero attached hydrogens (tertiary/aromatic N) is 2. The van der Waals surface area contributed by atoms with E-state index in [1.165, 1.54) is 24.0 Å². The molecule has 0 spiro atoms. The summed E-state index contributed by atoms with van der Waals surface area (Å²) in [6.45, 7) is 9.63. The number of halogens is 1. The molecule has 0 radical (unpaired) electrons. The number of likely N-dealkylation sites (tertiary alicyclic amines) is 1. The smallest absolute Gasteiger partial charge is 0.191 e. The van der Waals surface area contributed by atoms with Crippen molar-refractivity contribution in [2.45, 2.75) is 46.1 Å². The van der Waals surface area contributed by atoms with Gasteiger partial charge in [0, 0.05) is 36.8 Å². The van der Waals surface area contributed by atoms with E-state index in [-0.39, 0.29) is 35.1 Å². The molecule has 2 unspecified atom stereocenters. The number of thiophene rings is 1. The maximum atomic E-state index is 11.5. The molecule has 1 fully saturated rings. The summed E-state index contributed by atoms with van der Waals surface area (Å²) in [6.07, 6.45) is 4.34. The van der Waals surface area contributed by atoms with E-state index in [4.69, 9.17) is 4.99 Å². The normalized spacial score (nSPS) is 21.2. The van der Waals surface area contributed by atoms with Crippen molar-refractivity contribution in [3.8, 4) is 0 Å². The van der Waals surface area contributed by atoms with Gasteiger partial charge in [0.2, 0.25) is 0 Å². The molecule has 0 amide bonds. The van der Waals surface area contributed by atoms with Crippen LogP contribution in [0.3, 0.4) is 0 Å². The van der Waals surface area contributed by atoms with Crippen molar-refractivity contribution >= 4 is 51.1 Å². The van der Waals surface area contributed by atoms with Gasteiger partial charge in [0.05, 0.1) is 5.75 Å². The third kappa shape index (κ3) is 9.40. The summed E-state index contributed by atoms with van der Waals surface area (Å²) in [5, 5.41) is 9.04. The third-order valence-electron chi connectivity index (χ3n) is 5.53. The van der Waals surface area contributed by atoms with Crippen LogP contribution in [0.5, 0.6) is 0 Å². The van der Waals surface area contributed by atoms with Crippen LogP contribution in [0.15, 0.2) is 22.5 Å². The Hall–Kier alpha value is -0.390. The van der Waals surface area contributed by atoms with E-state index in [1.807, 2.05) is 11.3 Å². The van der Waals surface area contributed by atoms with E-state index in [1.54, 1.807) is 0 Å². The van der Waals surface area contributed by atoms with Crippen LogP contribution >= 0.6 is 35.3 Å². The molecular weight excluding hydrogens is 531 g/mol. The summed E-state index contributed by atoms with van der Waals surface area (Å²) in [5.41, 5.74) is -0.157. The quantitative estimate of drug-likeness (QED) is 0.269. The Balaban J connectivity index is 0.00000450. The number of rotatable bonds is 9. The van der Waals surface area contributed by atoms with Gasteiger partial charge in [-0.1, -0.05) is 19.9 Å². The van der Waals surface area contributed by atoms with Crippen molar-refractivity contribution in [2.24, 2.45) is 16.3 Å². The molecule has 2 atom stereocenters. The highest BCUT2D eigenvalue weighted by Gasteiger charge is 2.31. The van der Waals surface area contributed by atoms with Crippen molar-refractivity contribution in [1.29, 1.82) is 0 Å². The van der Waals surface area contributed by atoms with Gasteiger partial charge in [-0.15, -0.1) is 35.3 Å². The highest BCUT2D eigenvalue weighted by atomic mass is 127. The van der Waals surface area contributed by atoms with Gasteiger partial charge in [-0.2, -0.15) is 0 Å². The topological polar surface area (TPSA) is 73.8 Å². The van der Waals surface area contributed by atoms with Crippen molar-refractivity contribution in [3.63, 3.8) is 0 Å². The lowest BCUT2D eigenvalue weighted by atomic mass is 9.88. The van der Waals surface area contributed by atoms with Crippen molar-refractivity contribution in [2.75, 3.05) is 45.2 Å². The fraction of sp³-hybridized carbons (Fsp3) is 0.762. The highest BCUT2D eigenvalue weighted by Crippen LogP contribution is 2.36. The molecule has 1 saturated heterocycles. The number of piperidine rings is 1. The number of hydrogen-bond donors (Lipinski definition) is 2. The standard InChI is InChI=1S/C21H38N4O2S2.HI/c1-6-22-20(24-16-21(2,3)11-14-29(5,26)27)23-15-17-9-7-12-25(4)19(17)18-10-8-13-28-18;/h8,10,13,17,19H,6-7,9,11-12,14-16H2,1-5H3,(H2,22,23,24);1H. The van der Waals surface area contributed by atoms with E-state index in [0.717, 1.165) is 25.6 Å². The Morgan fingerprint density at radius 2 is 2.10 bits per heavy atom. The molecule has 174 valence electrons. The number of nitrogens with one attached hydrogen (secondary N) is 2. The molecule has 1 aromatic heterocycles. The minimum absolute atomic E-state index is 0. The largest absolute Gasteiger partial charge is 0.357 e. The highest BCUT2D eigenvalue weighted by molar-refractivity contribution is 14.0. The molecule has 2 N–H and O–H groups in total. The second kappa shape index (κ2) is 12.6. The number of hydrogen-bond acceptors (Lipinski definition) is 5. The number of aliphatic imine (C=N–C) groups is 1. The Morgan fingerprint density at radius 1 is 1.37 bits per heavy atom. The molecule has 2 heterocycles. The van der Waals surface area contributed by atoms with Crippen LogP contribution in [0.25, 0.3) is 0 Å². The lowest BCUT2D eigenvalue weighted by Gasteiger charge is -2.39. The molecular formula is C21H39IN4O2S2. The van der Waals surface area contributed by atoms with Crippen LogP contribution < -0.4 is 10.6 Å². The lowest BCUT2D eigenvalue weighted by molar-refractivity contribution is 0.125. The molecule has 0 saturated carbocycles. The Morgan fingerprint density at radius 3 is 2.70 bits per heavy atom. The summed E-state index contributed by atoms with van der Waals surface area (Å²) in [4.78, 5) is 8.67. The predicted molar refractivity (Wildman–Crippen MR) is 140 cm³/mol. The minimum atomic E-state index is -2.95. The van der Waals surface area contributed by atoms with E-state index in [0.29, 0.717) is 24.9 Å². The summed E-state index contributed by atoms with van der Waals surface area (Å²) in [6, 6.07) is 4.83. The minimum Gasteiger partial charge on any atom is -0.357 e. The van der Waals surface area contributed by atoms with E-state index in [2.05, 4.69) is 60.9 Å². The maximum Gasteiger partial charge on any atom is 0.191 e. The molecule has 1 aromatic rings. The Kier molecular flexibility index (Phi) is 11.6. The summed E-state index contributed by atoms with van der Waals surface area (Å²) in [7, 11) is -0.725. The molecule has 0 aromatic carbocycles. The molecule has 0 aliphatic carbocycles. The lowest BCUT2D eigenvalue weighted by Crippen LogP contribution is -2.45. The van der Waals surface area contributed by atoms with E-state index in [9.17, 15) is 8.42 Å². The average molecular weight is 571 g/mol. The summed E-state index contributed by atoms with van der Waals surface area (Å²) in [5.74, 6) is 1.56. The third-order valence-corrected chi connectivity index (χ3v) is 7.42. The number of sulfone groups is 1. The molecule has 9 heteroatoms. The van der Waals surface area contributed by atoms with Gasteiger partial charge in [-0.25, -0.2) is 8.42 Å². The molecule has 6 nitrogen and oxygen atoms in total. The second-order valence-electron chi connectivity index (χ2n) is 8.96. The first-order valence-corrected chi connectivity index (χ1v) is 13.5. The molecule has 30 heavy (non-hydrogen) atoms. The SMILES string of the molecule is CCNC(=NCC(C)(C)CCS(C)(=O)=O)NCC1CCCN(C)C1c1cccs1.I. The summed E-state index contributed by atoms with van der Waals surface area (Å²) < 4.78 is 23.0. The molecule has 0 bridgehead atoms. The van der Waals surface area contributed by atoms with Crippen LogP contribution in [0.4, 0.5) is 0 Å². The van der Waals surface area contributed by atoms with Gasteiger partial charge in [0.25, 0.3) is 0 Å². The van der Waals surface area contributed by atoms with Crippen LogP contribution in [-0.4, -0.2) is 64.5 Å². The van der Waals surface area contributed by atoms with Crippen molar-refractivity contribution in [1.82, 2.24) is 15.5 Å². The molecule has 2 rings (SSSR count). The van der Waals surface area contributed by atoms with E-state index >= 15 is 0 Å². The fourth-order valence-electron chi connectivity index (χ4n) is 3.79. The van der Waals surface area contributed by atoms with Crippen LogP contribution in [0.2, 0.25) is 0 Å². The molecule has 1 aliphatic heterocycles. The second-order valence-corrected chi connectivity index (χ2v) is 12.2. The van der Waals surface area contributed by atoms with Crippen LogP contribution in [0.1, 0.15) is 51.0 Å². The van der Waals surface area contributed by atoms with Crippen LogP contribution in [-0.2, 0) is 9.84 Å². The summed E-state index contributed by atoms with van der Waals surface area (Å²) >= 11 is 1.84. The zero-order valence-electron chi connectivity index (χ0n) is 19.0. The zero-order valence-corrected chi connectivity index (χ0v) is 22.9. The predicted octanol–water partition coefficient (Wildman–Crippen LogP) is 3.77. The van der Waals surface area contributed by atoms with Gasteiger partial charge in [0.15, 0.2) is 5.96 Å². The van der Waals surface area contributed by atoms with Crippen molar-refractivity contribution in [3.05, 3.63) is 22.4 Å². The average Bonchev–Trinajstić information content (AvgIpc) is 3.16. The monoisotopic (exact) mass is 570 g/mol. The zero-order chi connectivity index (χ0) is 21.5. The van der Waals surface area contributed by atoms with Gasteiger partial charge in [-0.05, 0) is 62.6 Å². The number of guanidine groups is 1. The fourth-order valence-corrected chi connectivity index (χ4v) is 5.69. The first-order valence-electron chi connectivity index (χ1n) is 10.5. The van der Waals surface area contributed by atoms with Crippen LogP contribution in [0, 0.1) is 11.3 Å². The van der Waals surface area contributed by atoms with Gasteiger partial charge in [0.1, 0.15) is 9.84 Å². The maximum absolute atomic E-state index is 11.5. The van der Waals surface area contributed by atoms with Gasteiger partial charge < -0.3 is 10.6 Å². The Labute approximate surface area is 204 Å². The molecule has 1 aliphatic rings.